The summed E-state index contributed by atoms with van der Waals surface area (Å²) in [6.07, 6.45) is 10.6. The van der Waals surface area contributed by atoms with E-state index >= 15 is 0 Å². The number of hydrogen-bond acceptors (Lipinski definition) is 5. The molecule has 4 saturated carbocycles. The summed E-state index contributed by atoms with van der Waals surface area (Å²) in [6, 6.07) is 0. The van der Waals surface area contributed by atoms with Gasteiger partial charge in [-0.25, -0.2) is 0 Å². The molecule has 0 amide bonds. The van der Waals surface area contributed by atoms with Crippen LogP contribution in [0.5, 0.6) is 0 Å². The third-order valence-corrected chi connectivity index (χ3v) is 11.4. The molecule has 5 nitrogen and oxygen atoms in total. The van der Waals surface area contributed by atoms with Crippen LogP contribution in [0.25, 0.3) is 0 Å². The first-order chi connectivity index (χ1) is 16.8. The average Bonchev–Trinajstić information content (AvgIpc) is 3.12. The lowest BCUT2D eigenvalue weighted by atomic mass is 9.42. The fourth-order valence-electron chi connectivity index (χ4n) is 9.80. The number of esters is 2. The summed E-state index contributed by atoms with van der Waals surface area (Å²) in [5.41, 5.74) is -1.28. The van der Waals surface area contributed by atoms with Crippen LogP contribution in [0.4, 0.5) is 0 Å². The zero-order chi connectivity index (χ0) is 26.5. The number of ether oxygens (including phenoxy) is 2. The van der Waals surface area contributed by atoms with E-state index in [-0.39, 0.29) is 17.9 Å². The molecule has 0 spiro atoms. The maximum absolute atomic E-state index is 14.1. The van der Waals surface area contributed by atoms with E-state index in [2.05, 4.69) is 34.6 Å². The summed E-state index contributed by atoms with van der Waals surface area (Å²) in [5.74, 6) is 2.84. The molecule has 4 aliphatic rings. The van der Waals surface area contributed by atoms with Crippen molar-refractivity contribution < 1.29 is 23.9 Å². The fraction of sp³-hybridized carbons (Fsp3) is 0.903. The maximum atomic E-state index is 14.1. The molecule has 0 aromatic rings. The highest BCUT2D eigenvalue weighted by atomic mass is 16.6. The number of carbonyl (C=O) groups excluding carboxylic acids is 3. The lowest BCUT2D eigenvalue weighted by Gasteiger charge is -2.63. The monoisotopic (exact) mass is 502 g/mol. The van der Waals surface area contributed by atoms with Crippen molar-refractivity contribution in [1.82, 2.24) is 0 Å². The Morgan fingerprint density at radius 1 is 0.944 bits per heavy atom. The molecule has 204 valence electrons. The van der Waals surface area contributed by atoms with Crippen molar-refractivity contribution in [2.24, 2.45) is 46.3 Å². The summed E-state index contributed by atoms with van der Waals surface area (Å²) in [7, 11) is 0. The van der Waals surface area contributed by atoms with Gasteiger partial charge in [0, 0.05) is 32.1 Å². The Morgan fingerprint density at radius 3 is 2.31 bits per heavy atom. The van der Waals surface area contributed by atoms with Crippen LogP contribution in [0.15, 0.2) is 0 Å². The van der Waals surface area contributed by atoms with Crippen LogP contribution in [0.3, 0.4) is 0 Å². The van der Waals surface area contributed by atoms with Crippen LogP contribution in [0.2, 0.25) is 0 Å². The first-order valence-electron chi connectivity index (χ1n) is 14.7. The van der Waals surface area contributed by atoms with E-state index in [1.165, 1.54) is 52.4 Å². The summed E-state index contributed by atoms with van der Waals surface area (Å²) in [6.45, 7) is 14.7. The van der Waals surface area contributed by atoms with Gasteiger partial charge in [0.2, 0.25) is 0 Å². The highest BCUT2D eigenvalue weighted by Gasteiger charge is 2.70. The SMILES string of the molecule is CC(=O)O[C@@H]1CC[C@]2(C)[C@H]3CC[C@]4(C)[C@@H]([C@H](C)CCCC(C)C)CC[C@H]4[C@@H]3CC(=O)[C@]2(OC(C)=O)C1. The van der Waals surface area contributed by atoms with E-state index in [1.54, 1.807) is 0 Å². The van der Waals surface area contributed by atoms with Gasteiger partial charge in [-0.2, -0.15) is 0 Å². The molecule has 0 radical (unpaired) electrons. The second kappa shape index (κ2) is 10.1. The Balaban J connectivity index is 1.59. The smallest absolute Gasteiger partial charge is 0.303 e. The average molecular weight is 503 g/mol. The molecule has 0 aromatic heterocycles. The van der Waals surface area contributed by atoms with Crippen molar-refractivity contribution in [2.45, 2.75) is 131 Å². The Hall–Kier alpha value is -1.39. The van der Waals surface area contributed by atoms with Gasteiger partial charge in [-0.1, -0.05) is 53.9 Å². The second-order valence-corrected chi connectivity index (χ2v) is 13.8. The quantitative estimate of drug-likeness (QED) is 0.354. The number of carbonyl (C=O) groups is 3. The van der Waals surface area contributed by atoms with Gasteiger partial charge in [-0.3, -0.25) is 14.4 Å². The van der Waals surface area contributed by atoms with Crippen molar-refractivity contribution in [3.05, 3.63) is 0 Å². The molecule has 0 unspecified atom stereocenters. The minimum absolute atomic E-state index is 0.0657. The van der Waals surface area contributed by atoms with E-state index in [0.717, 1.165) is 37.0 Å². The van der Waals surface area contributed by atoms with E-state index in [9.17, 15) is 14.4 Å². The molecule has 4 rings (SSSR count). The molecule has 0 saturated heterocycles. The summed E-state index contributed by atoms with van der Waals surface area (Å²) >= 11 is 0. The van der Waals surface area contributed by atoms with Gasteiger partial charge < -0.3 is 9.47 Å². The van der Waals surface area contributed by atoms with Gasteiger partial charge in [0.1, 0.15) is 6.10 Å². The van der Waals surface area contributed by atoms with E-state index in [4.69, 9.17) is 9.47 Å². The largest absolute Gasteiger partial charge is 0.462 e. The number of rotatable bonds is 7. The molecular formula is C31H50O5. The van der Waals surface area contributed by atoms with Crippen molar-refractivity contribution >= 4 is 17.7 Å². The van der Waals surface area contributed by atoms with Crippen LogP contribution in [0.1, 0.15) is 119 Å². The van der Waals surface area contributed by atoms with Gasteiger partial charge in [-0.15, -0.1) is 0 Å². The Kier molecular flexibility index (Phi) is 7.72. The summed E-state index contributed by atoms with van der Waals surface area (Å²) in [5, 5.41) is 0. The molecule has 0 N–H and O–H groups in total. The van der Waals surface area contributed by atoms with Crippen molar-refractivity contribution in [3.8, 4) is 0 Å². The molecule has 0 aromatic carbocycles. The summed E-state index contributed by atoms with van der Waals surface area (Å²) < 4.78 is 11.6. The lowest BCUT2D eigenvalue weighted by molar-refractivity contribution is -0.230. The van der Waals surface area contributed by atoms with Gasteiger partial charge in [0.25, 0.3) is 0 Å². The first-order valence-corrected chi connectivity index (χ1v) is 14.7. The molecule has 36 heavy (non-hydrogen) atoms. The number of hydrogen-bond donors (Lipinski definition) is 0. The Labute approximate surface area is 218 Å². The van der Waals surface area contributed by atoms with Crippen molar-refractivity contribution in [1.29, 1.82) is 0 Å². The first kappa shape index (κ1) is 27.6. The van der Waals surface area contributed by atoms with Gasteiger partial charge in [-0.05, 0) is 79.4 Å². The molecular weight excluding hydrogens is 452 g/mol. The van der Waals surface area contributed by atoms with Crippen LogP contribution < -0.4 is 0 Å². The van der Waals surface area contributed by atoms with Gasteiger partial charge >= 0.3 is 11.9 Å². The Morgan fingerprint density at radius 2 is 1.67 bits per heavy atom. The zero-order valence-electron chi connectivity index (χ0n) is 23.9. The van der Waals surface area contributed by atoms with Crippen LogP contribution in [-0.2, 0) is 23.9 Å². The fourth-order valence-corrected chi connectivity index (χ4v) is 9.80. The van der Waals surface area contributed by atoms with Crippen LogP contribution in [0, 0.1) is 46.3 Å². The zero-order valence-corrected chi connectivity index (χ0v) is 23.9. The highest BCUT2D eigenvalue weighted by molar-refractivity contribution is 5.92. The predicted octanol–water partition coefficient (Wildman–Crippen LogP) is 6.90. The number of fused-ring (bicyclic) bond motifs is 5. The molecule has 0 bridgehead atoms. The minimum Gasteiger partial charge on any atom is -0.462 e. The highest BCUT2D eigenvalue weighted by Crippen LogP contribution is 2.69. The molecule has 4 fully saturated rings. The Bertz CT molecular complexity index is 865. The third kappa shape index (κ3) is 4.55. The molecule has 5 heteroatoms. The van der Waals surface area contributed by atoms with Gasteiger partial charge in [0.15, 0.2) is 11.4 Å². The van der Waals surface area contributed by atoms with Crippen molar-refractivity contribution in [3.63, 3.8) is 0 Å². The third-order valence-electron chi connectivity index (χ3n) is 11.4. The van der Waals surface area contributed by atoms with Crippen molar-refractivity contribution in [2.75, 3.05) is 0 Å². The summed E-state index contributed by atoms with van der Waals surface area (Å²) in [4.78, 5) is 38.1. The lowest BCUT2D eigenvalue weighted by Crippen LogP contribution is -2.68. The van der Waals surface area contributed by atoms with E-state index in [1.807, 2.05) is 0 Å². The maximum Gasteiger partial charge on any atom is 0.303 e. The molecule has 9 atom stereocenters. The van der Waals surface area contributed by atoms with E-state index < -0.39 is 17.0 Å². The van der Waals surface area contributed by atoms with Crippen LogP contribution >= 0.6 is 0 Å². The molecule has 0 heterocycles. The standard InChI is InChI=1S/C31H50O5/c1-19(2)9-8-10-20(3)25-11-12-26-24-17-28(34)31(36-22(5)33)18-23(35-21(4)32)13-16-30(31,7)27(24)14-15-29(25,26)6/h19-20,23-27H,8-18H2,1-7H3/t20-,23-,24+,25-,26+,27+,29-,30-,31-/m1/s1. The van der Waals surface area contributed by atoms with Crippen LogP contribution in [-0.4, -0.2) is 29.4 Å². The van der Waals surface area contributed by atoms with Gasteiger partial charge in [0.05, 0.1) is 0 Å². The minimum atomic E-state index is -1.17. The number of ketones is 1. The number of Topliss-reactive ketones (excluding diaryl/α,β-unsaturated/α-hetero) is 1. The topological polar surface area (TPSA) is 69.7 Å². The molecule has 0 aliphatic heterocycles. The normalized spacial score (nSPS) is 42.8. The molecule has 4 aliphatic carbocycles. The second-order valence-electron chi connectivity index (χ2n) is 13.8. The predicted molar refractivity (Wildman–Crippen MR) is 140 cm³/mol. The van der Waals surface area contributed by atoms with E-state index in [0.29, 0.717) is 36.0 Å².